The lowest BCUT2D eigenvalue weighted by molar-refractivity contribution is 0.522. The van der Waals surface area contributed by atoms with Gasteiger partial charge < -0.3 is 15.2 Å². The van der Waals surface area contributed by atoms with Gasteiger partial charge in [0.15, 0.2) is 5.96 Å². The molecule has 6 heteroatoms. The number of fused-ring (bicyclic) bond motifs is 1. The molecule has 2 N–H and O–H groups in total. The summed E-state index contributed by atoms with van der Waals surface area (Å²) < 4.78 is 16.0. The highest BCUT2D eigenvalue weighted by atomic mass is 19.1. The van der Waals surface area contributed by atoms with Crippen molar-refractivity contribution in [2.45, 2.75) is 52.2 Å². The molecular weight excluding hydrogens is 317 g/mol. The highest BCUT2D eigenvalue weighted by Crippen LogP contribution is 2.16. The van der Waals surface area contributed by atoms with E-state index in [2.05, 4.69) is 31.4 Å². The number of nitrogens with one attached hydrogen (secondary N) is 2. The highest BCUT2D eigenvalue weighted by molar-refractivity contribution is 5.80. The van der Waals surface area contributed by atoms with Crippen LogP contribution < -0.4 is 10.6 Å². The Hall–Kier alpha value is -2.37. The molecule has 0 bridgehead atoms. The summed E-state index contributed by atoms with van der Waals surface area (Å²) in [6.45, 7) is 5.44. The van der Waals surface area contributed by atoms with Crippen molar-refractivity contribution in [2.75, 3.05) is 7.05 Å². The van der Waals surface area contributed by atoms with Crippen LogP contribution in [0.2, 0.25) is 0 Å². The van der Waals surface area contributed by atoms with Crippen molar-refractivity contribution < 1.29 is 4.39 Å². The summed E-state index contributed by atoms with van der Waals surface area (Å²) in [5, 5.41) is 6.59. The average molecular weight is 343 g/mol. The molecule has 0 aliphatic carbocycles. The van der Waals surface area contributed by atoms with E-state index in [0.29, 0.717) is 18.1 Å². The Labute approximate surface area is 148 Å². The summed E-state index contributed by atoms with van der Waals surface area (Å²) in [7, 11) is 1.73. The van der Waals surface area contributed by atoms with Crippen molar-refractivity contribution in [2.24, 2.45) is 4.99 Å². The second kappa shape index (κ2) is 7.68. The summed E-state index contributed by atoms with van der Waals surface area (Å²) in [6.07, 6.45) is 5.62. The molecule has 5 nitrogen and oxygen atoms in total. The molecular formula is C19H26FN5. The molecule has 0 saturated carbocycles. The van der Waals surface area contributed by atoms with E-state index < -0.39 is 0 Å². The Balaban J connectivity index is 1.59. The van der Waals surface area contributed by atoms with Gasteiger partial charge in [-0.2, -0.15) is 0 Å². The molecule has 1 atom stereocenters. The van der Waals surface area contributed by atoms with Crippen molar-refractivity contribution >= 4 is 5.96 Å². The van der Waals surface area contributed by atoms with Gasteiger partial charge in [-0.15, -0.1) is 0 Å². The smallest absolute Gasteiger partial charge is 0.191 e. The van der Waals surface area contributed by atoms with Crippen molar-refractivity contribution in [1.82, 2.24) is 20.2 Å². The lowest BCUT2D eigenvalue weighted by Crippen LogP contribution is -2.38. The van der Waals surface area contributed by atoms with Gasteiger partial charge in [-0.1, -0.05) is 12.1 Å². The van der Waals surface area contributed by atoms with Crippen LogP contribution in [0.1, 0.15) is 48.5 Å². The van der Waals surface area contributed by atoms with Crippen LogP contribution in [-0.2, 0) is 19.5 Å². The minimum Gasteiger partial charge on any atom is -0.351 e. The van der Waals surface area contributed by atoms with Crippen LogP contribution in [0, 0.1) is 12.7 Å². The zero-order valence-corrected chi connectivity index (χ0v) is 15.1. The molecule has 2 aromatic rings. The van der Waals surface area contributed by atoms with Gasteiger partial charge in [0.05, 0.1) is 18.3 Å². The van der Waals surface area contributed by atoms with E-state index >= 15 is 0 Å². The van der Waals surface area contributed by atoms with Gasteiger partial charge in [-0.05, 0) is 43.9 Å². The van der Waals surface area contributed by atoms with Crippen LogP contribution in [-0.4, -0.2) is 22.6 Å². The first-order chi connectivity index (χ1) is 12.1. The average Bonchev–Trinajstić information content (AvgIpc) is 3.03. The molecule has 0 fully saturated rings. The monoisotopic (exact) mass is 343 g/mol. The molecule has 1 aliphatic rings. The molecule has 1 aromatic carbocycles. The van der Waals surface area contributed by atoms with Gasteiger partial charge in [0.25, 0.3) is 0 Å². The summed E-state index contributed by atoms with van der Waals surface area (Å²) in [5.41, 5.74) is 2.57. The third kappa shape index (κ3) is 4.18. The Kier molecular flexibility index (Phi) is 5.36. The first kappa shape index (κ1) is 17.5. The second-order valence-electron chi connectivity index (χ2n) is 6.60. The summed E-state index contributed by atoms with van der Waals surface area (Å²) in [6, 6.07) is 5.27. The van der Waals surface area contributed by atoms with Crippen LogP contribution in [0.5, 0.6) is 0 Å². The number of aromatic nitrogens is 2. The Morgan fingerprint density at radius 2 is 2.24 bits per heavy atom. The predicted molar refractivity (Wildman–Crippen MR) is 98.1 cm³/mol. The van der Waals surface area contributed by atoms with Crippen LogP contribution in [0.15, 0.2) is 29.4 Å². The number of nitrogens with zero attached hydrogens (tertiary/aromatic N) is 3. The Morgan fingerprint density at radius 1 is 1.40 bits per heavy atom. The van der Waals surface area contributed by atoms with Gasteiger partial charge in [0, 0.05) is 26.2 Å². The lowest BCUT2D eigenvalue weighted by atomic mass is 10.1. The molecule has 25 heavy (non-hydrogen) atoms. The predicted octanol–water partition coefficient (Wildman–Crippen LogP) is 3.09. The Bertz CT molecular complexity index is 742. The van der Waals surface area contributed by atoms with Gasteiger partial charge in [0.1, 0.15) is 11.6 Å². The summed E-state index contributed by atoms with van der Waals surface area (Å²) >= 11 is 0. The first-order valence-electron chi connectivity index (χ1n) is 8.85. The minimum absolute atomic E-state index is 0.0449. The number of hydrogen-bond acceptors (Lipinski definition) is 2. The number of benzene rings is 1. The third-order valence-electron chi connectivity index (χ3n) is 4.67. The van der Waals surface area contributed by atoms with Gasteiger partial charge >= 0.3 is 0 Å². The number of hydrogen-bond donors (Lipinski definition) is 2. The molecule has 0 amide bonds. The molecule has 0 saturated heterocycles. The first-order valence-corrected chi connectivity index (χ1v) is 8.85. The number of aryl methyl sites for hydroxylation is 3. The number of imidazole rings is 1. The fraction of sp³-hybridized carbons (Fsp3) is 0.474. The number of rotatable bonds is 4. The van der Waals surface area contributed by atoms with E-state index in [4.69, 9.17) is 0 Å². The topological polar surface area (TPSA) is 54.2 Å². The largest absolute Gasteiger partial charge is 0.351 e. The van der Waals surface area contributed by atoms with Crippen molar-refractivity contribution in [3.05, 3.63) is 52.9 Å². The Morgan fingerprint density at radius 3 is 2.96 bits per heavy atom. The van der Waals surface area contributed by atoms with E-state index in [0.717, 1.165) is 24.2 Å². The second-order valence-corrected chi connectivity index (χ2v) is 6.60. The van der Waals surface area contributed by atoms with Crippen LogP contribution in [0.3, 0.4) is 0 Å². The highest BCUT2D eigenvalue weighted by Gasteiger charge is 2.13. The van der Waals surface area contributed by atoms with E-state index in [1.165, 1.54) is 18.7 Å². The molecule has 0 radical (unpaired) electrons. The van der Waals surface area contributed by atoms with Gasteiger partial charge in [-0.3, -0.25) is 4.99 Å². The lowest BCUT2D eigenvalue weighted by Gasteiger charge is -2.18. The molecule has 3 rings (SSSR count). The maximum Gasteiger partial charge on any atom is 0.191 e. The quantitative estimate of drug-likeness (QED) is 0.662. The van der Waals surface area contributed by atoms with Crippen molar-refractivity contribution in [3.63, 3.8) is 0 Å². The van der Waals surface area contributed by atoms with Crippen LogP contribution in [0.25, 0.3) is 0 Å². The summed E-state index contributed by atoms with van der Waals surface area (Å²) in [4.78, 5) is 8.94. The maximum absolute atomic E-state index is 13.8. The zero-order valence-electron chi connectivity index (χ0n) is 15.1. The zero-order chi connectivity index (χ0) is 17.8. The fourth-order valence-corrected chi connectivity index (χ4v) is 3.09. The number of aliphatic imine (C=N–C) groups is 1. The molecule has 0 spiro atoms. The van der Waals surface area contributed by atoms with Crippen molar-refractivity contribution in [3.8, 4) is 0 Å². The third-order valence-corrected chi connectivity index (χ3v) is 4.67. The normalized spacial score (nSPS) is 15.6. The molecule has 1 aromatic heterocycles. The molecule has 1 unspecified atom stereocenters. The fourth-order valence-electron chi connectivity index (χ4n) is 3.09. The van der Waals surface area contributed by atoms with E-state index in [-0.39, 0.29) is 11.9 Å². The maximum atomic E-state index is 13.8. The van der Waals surface area contributed by atoms with E-state index in [9.17, 15) is 4.39 Å². The van der Waals surface area contributed by atoms with Gasteiger partial charge in [-0.25, -0.2) is 9.37 Å². The molecule has 1 aliphatic heterocycles. The standard InChI is InChI=1S/C19H26FN5/c1-13-7-8-15(10-17(13)20)14(2)23-19(21-3)22-11-16-12-25-9-5-4-6-18(25)24-16/h7-8,10,12,14H,4-6,9,11H2,1-3H3,(H2,21,22,23). The number of halogens is 1. The van der Waals surface area contributed by atoms with Crippen molar-refractivity contribution in [1.29, 1.82) is 0 Å². The van der Waals surface area contributed by atoms with E-state index in [1.54, 1.807) is 26.1 Å². The molecule has 2 heterocycles. The van der Waals surface area contributed by atoms with Crippen LogP contribution in [0.4, 0.5) is 4.39 Å². The number of guanidine groups is 1. The molecule has 134 valence electrons. The van der Waals surface area contributed by atoms with E-state index in [1.807, 2.05) is 13.0 Å². The summed E-state index contributed by atoms with van der Waals surface area (Å²) in [5.74, 6) is 1.67. The SMILES string of the molecule is CN=C(NCc1cn2c(n1)CCCC2)NC(C)c1ccc(C)c(F)c1. The van der Waals surface area contributed by atoms with Crippen LogP contribution >= 0.6 is 0 Å². The minimum atomic E-state index is -0.183. The van der Waals surface area contributed by atoms with Gasteiger partial charge in [0.2, 0.25) is 0 Å².